The number of hydrogen-bond donors (Lipinski definition) is 1. The Morgan fingerprint density at radius 1 is 1.26 bits per heavy atom. The van der Waals surface area contributed by atoms with Gasteiger partial charge >= 0.3 is 0 Å². The summed E-state index contributed by atoms with van der Waals surface area (Å²) in [4.78, 5) is 14.0. The number of para-hydroxylation sites is 1. The highest BCUT2D eigenvalue weighted by atomic mass is 79.9. The van der Waals surface area contributed by atoms with Crippen molar-refractivity contribution >= 4 is 27.5 Å². The molecule has 0 bridgehead atoms. The average molecular weight is 318 g/mol. The number of nitrogens with zero attached hydrogens (tertiary/aromatic N) is 1. The zero-order chi connectivity index (χ0) is 13.6. The van der Waals surface area contributed by atoms with Crippen LogP contribution < -0.4 is 4.90 Å². The van der Waals surface area contributed by atoms with Crippen LogP contribution in [-0.4, -0.2) is 11.0 Å². The van der Waals surface area contributed by atoms with Crippen molar-refractivity contribution in [3.05, 3.63) is 57.6 Å². The van der Waals surface area contributed by atoms with Crippen LogP contribution in [0, 0.1) is 6.92 Å². The molecule has 3 rings (SSSR count). The Morgan fingerprint density at radius 2 is 2.05 bits per heavy atom. The lowest BCUT2D eigenvalue weighted by Crippen LogP contribution is -2.23. The molecular weight excluding hydrogens is 306 g/mol. The van der Waals surface area contributed by atoms with Gasteiger partial charge in [0.05, 0.1) is 12.2 Å². The summed E-state index contributed by atoms with van der Waals surface area (Å²) in [6, 6.07) is 10.9. The Hall–Kier alpha value is -1.81. The van der Waals surface area contributed by atoms with Gasteiger partial charge < -0.3 is 10.0 Å². The number of amides is 1. The Labute approximate surface area is 119 Å². The molecule has 19 heavy (non-hydrogen) atoms. The molecule has 1 amide bonds. The first kappa shape index (κ1) is 12.2. The Balaban J connectivity index is 2.09. The molecule has 0 unspecified atom stereocenters. The van der Waals surface area contributed by atoms with E-state index in [1.54, 1.807) is 17.0 Å². The largest absolute Gasteiger partial charge is 0.506 e. The molecule has 4 heteroatoms. The Kier molecular flexibility index (Phi) is 2.82. The van der Waals surface area contributed by atoms with Crippen LogP contribution in [0.25, 0.3) is 0 Å². The average Bonchev–Trinajstić information content (AvgIpc) is 2.66. The van der Waals surface area contributed by atoms with E-state index >= 15 is 0 Å². The lowest BCUT2D eigenvalue weighted by molar-refractivity contribution is 0.0996. The van der Waals surface area contributed by atoms with Crippen LogP contribution in [-0.2, 0) is 6.54 Å². The van der Waals surface area contributed by atoms with Gasteiger partial charge in [0.15, 0.2) is 0 Å². The zero-order valence-corrected chi connectivity index (χ0v) is 11.9. The van der Waals surface area contributed by atoms with Crippen LogP contribution >= 0.6 is 15.9 Å². The molecule has 2 aromatic rings. The van der Waals surface area contributed by atoms with Gasteiger partial charge in [0.2, 0.25) is 0 Å². The molecule has 1 aliphatic heterocycles. The maximum absolute atomic E-state index is 12.4. The quantitative estimate of drug-likeness (QED) is 0.872. The van der Waals surface area contributed by atoms with Crippen LogP contribution in [0.3, 0.4) is 0 Å². The van der Waals surface area contributed by atoms with Gasteiger partial charge in [-0.25, -0.2) is 0 Å². The molecule has 0 saturated carbocycles. The van der Waals surface area contributed by atoms with Crippen molar-refractivity contribution in [1.29, 1.82) is 0 Å². The second kappa shape index (κ2) is 4.38. The number of phenols is 1. The molecule has 0 spiro atoms. The van der Waals surface area contributed by atoms with Gasteiger partial charge in [-0.2, -0.15) is 0 Å². The number of fused-ring (bicyclic) bond motifs is 1. The monoisotopic (exact) mass is 317 g/mol. The predicted molar refractivity (Wildman–Crippen MR) is 77.5 cm³/mol. The number of halogens is 1. The normalized spacial score (nSPS) is 13.8. The van der Waals surface area contributed by atoms with Gasteiger partial charge in [-0.05, 0) is 42.3 Å². The van der Waals surface area contributed by atoms with E-state index in [1.165, 1.54) is 0 Å². The van der Waals surface area contributed by atoms with Crippen LogP contribution in [0.1, 0.15) is 21.5 Å². The molecular formula is C15H12BrNO2. The van der Waals surface area contributed by atoms with E-state index in [1.807, 2.05) is 31.2 Å². The van der Waals surface area contributed by atoms with Crippen molar-refractivity contribution in [2.24, 2.45) is 0 Å². The molecule has 0 aliphatic carbocycles. The summed E-state index contributed by atoms with van der Waals surface area (Å²) in [5.74, 6) is 0.0762. The predicted octanol–water partition coefficient (Wildman–Crippen LogP) is 3.62. The smallest absolute Gasteiger partial charge is 0.259 e. The number of benzene rings is 2. The number of carbonyl (C=O) groups excluding carboxylic acids is 1. The van der Waals surface area contributed by atoms with Gasteiger partial charge in [0.25, 0.3) is 5.91 Å². The molecule has 2 aromatic carbocycles. The molecule has 0 fully saturated rings. The standard InChI is InChI=1S/C15H12BrNO2/c1-9-3-2-4-13(18)14(9)17-8-10-7-11(16)5-6-12(10)15(17)19/h2-7,18H,8H2,1H3. The molecule has 1 N–H and O–H groups in total. The minimum atomic E-state index is -0.0629. The van der Waals surface area contributed by atoms with Crippen molar-refractivity contribution in [2.75, 3.05) is 4.90 Å². The molecule has 3 nitrogen and oxygen atoms in total. The molecule has 96 valence electrons. The number of phenolic OH excluding ortho intramolecular Hbond substituents is 1. The second-order valence-electron chi connectivity index (χ2n) is 4.64. The van der Waals surface area contributed by atoms with E-state index in [9.17, 15) is 9.90 Å². The Morgan fingerprint density at radius 3 is 2.79 bits per heavy atom. The van der Waals surface area contributed by atoms with Crippen LogP contribution in [0.4, 0.5) is 5.69 Å². The van der Waals surface area contributed by atoms with Crippen LogP contribution in [0.15, 0.2) is 40.9 Å². The molecule has 0 radical (unpaired) electrons. The topological polar surface area (TPSA) is 40.5 Å². The first-order chi connectivity index (χ1) is 9.08. The number of hydrogen-bond acceptors (Lipinski definition) is 2. The zero-order valence-electron chi connectivity index (χ0n) is 10.4. The van der Waals surface area contributed by atoms with Crippen molar-refractivity contribution in [3.8, 4) is 5.75 Å². The van der Waals surface area contributed by atoms with Gasteiger partial charge in [-0.1, -0.05) is 28.1 Å². The summed E-state index contributed by atoms with van der Waals surface area (Å²) in [6.45, 7) is 2.38. The van der Waals surface area contributed by atoms with Gasteiger partial charge in [0.1, 0.15) is 5.75 Å². The van der Waals surface area contributed by atoms with E-state index in [4.69, 9.17) is 0 Å². The molecule has 0 atom stereocenters. The number of anilines is 1. The summed E-state index contributed by atoms with van der Waals surface area (Å²) in [7, 11) is 0. The van der Waals surface area contributed by atoms with E-state index in [2.05, 4.69) is 15.9 Å². The molecule has 1 aliphatic rings. The third kappa shape index (κ3) is 1.92. The Bertz CT molecular complexity index is 662. The maximum Gasteiger partial charge on any atom is 0.259 e. The summed E-state index contributed by atoms with van der Waals surface area (Å²) in [5, 5.41) is 10.00. The van der Waals surface area contributed by atoms with E-state index in [-0.39, 0.29) is 11.7 Å². The second-order valence-corrected chi connectivity index (χ2v) is 5.55. The van der Waals surface area contributed by atoms with Crippen molar-refractivity contribution in [1.82, 2.24) is 0 Å². The minimum Gasteiger partial charge on any atom is -0.506 e. The highest BCUT2D eigenvalue weighted by Gasteiger charge is 2.30. The first-order valence-electron chi connectivity index (χ1n) is 5.97. The molecule has 0 aromatic heterocycles. The van der Waals surface area contributed by atoms with Gasteiger partial charge in [-0.3, -0.25) is 4.79 Å². The van der Waals surface area contributed by atoms with Gasteiger partial charge in [-0.15, -0.1) is 0 Å². The maximum atomic E-state index is 12.4. The van der Waals surface area contributed by atoms with E-state index < -0.39 is 0 Å². The van der Waals surface area contributed by atoms with Crippen molar-refractivity contribution in [3.63, 3.8) is 0 Å². The molecule has 0 saturated heterocycles. The van der Waals surface area contributed by atoms with E-state index in [0.29, 0.717) is 17.8 Å². The van der Waals surface area contributed by atoms with E-state index in [0.717, 1.165) is 15.6 Å². The number of aromatic hydroxyl groups is 1. The van der Waals surface area contributed by atoms with Crippen LogP contribution in [0.2, 0.25) is 0 Å². The lowest BCUT2D eigenvalue weighted by atomic mass is 10.1. The summed E-state index contributed by atoms with van der Waals surface area (Å²) < 4.78 is 0.954. The first-order valence-corrected chi connectivity index (χ1v) is 6.76. The van der Waals surface area contributed by atoms with Crippen molar-refractivity contribution < 1.29 is 9.90 Å². The third-order valence-electron chi connectivity index (χ3n) is 3.36. The number of rotatable bonds is 1. The van der Waals surface area contributed by atoms with Crippen molar-refractivity contribution in [2.45, 2.75) is 13.5 Å². The lowest BCUT2D eigenvalue weighted by Gasteiger charge is -2.19. The summed E-state index contributed by atoms with van der Waals surface area (Å²) in [5.41, 5.74) is 3.16. The molecule has 1 heterocycles. The fourth-order valence-electron chi connectivity index (χ4n) is 2.46. The van der Waals surface area contributed by atoms with Gasteiger partial charge in [0, 0.05) is 10.0 Å². The number of carbonyl (C=O) groups is 1. The van der Waals surface area contributed by atoms with Crippen LogP contribution in [0.5, 0.6) is 5.75 Å². The fraction of sp³-hybridized carbons (Fsp3) is 0.133. The summed E-state index contributed by atoms with van der Waals surface area (Å²) >= 11 is 3.41. The number of aryl methyl sites for hydroxylation is 1. The highest BCUT2D eigenvalue weighted by molar-refractivity contribution is 9.10. The minimum absolute atomic E-state index is 0.0629. The highest BCUT2D eigenvalue weighted by Crippen LogP contribution is 2.37. The fourth-order valence-corrected chi connectivity index (χ4v) is 2.87. The SMILES string of the molecule is Cc1cccc(O)c1N1Cc2cc(Br)ccc2C1=O. The summed E-state index contributed by atoms with van der Waals surface area (Å²) in [6.07, 6.45) is 0. The third-order valence-corrected chi connectivity index (χ3v) is 3.85.